The average Bonchev–Trinajstić information content (AvgIpc) is 2.81. The van der Waals surface area contributed by atoms with E-state index in [1.165, 1.54) is 0 Å². The molecule has 0 saturated carbocycles. The lowest BCUT2D eigenvalue weighted by atomic mass is 10.1. The van der Waals surface area contributed by atoms with Crippen molar-refractivity contribution < 1.29 is 9.47 Å². The summed E-state index contributed by atoms with van der Waals surface area (Å²) in [7, 11) is 1.61. The van der Waals surface area contributed by atoms with Crippen molar-refractivity contribution in [3.05, 3.63) is 35.9 Å². The minimum absolute atomic E-state index is 0.259. The molecule has 80 valence electrons. The highest BCUT2D eigenvalue weighted by Gasteiger charge is 2.19. The maximum Gasteiger partial charge on any atom is 0.142 e. The molecule has 4 nitrogen and oxygen atoms in total. The normalized spacial score (nSPS) is 16.8. The Kier molecular flexibility index (Phi) is 2.87. The summed E-state index contributed by atoms with van der Waals surface area (Å²) in [5, 5.41) is 0. The second-order valence-corrected chi connectivity index (χ2v) is 3.34. The van der Waals surface area contributed by atoms with Crippen molar-refractivity contribution in [3.8, 4) is 5.75 Å². The average molecular weight is 206 g/mol. The number of hydrogen-bond donors (Lipinski definition) is 1. The van der Waals surface area contributed by atoms with Gasteiger partial charge in [-0.3, -0.25) is 4.98 Å². The van der Waals surface area contributed by atoms with Gasteiger partial charge in [0.25, 0.3) is 0 Å². The van der Waals surface area contributed by atoms with E-state index in [0.29, 0.717) is 5.75 Å². The Bertz CT molecular complexity index is 377. The molecule has 2 N–H and O–H groups in total. The monoisotopic (exact) mass is 206 g/mol. The summed E-state index contributed by atoms with van der Waals surface area (Å²) < 4.78 is 10.6. The highest BCUT2D eigenvalue weighted by Crippen LogP contribution is 2.29. The summed E-state index contributed by atoms with van der Waals surface area (Å²) in [6.45, 7) is 0.719. The first kappa shape index (κ1) is 9.98. The van der Waals surface area contributed by atoms with Crippen LogP contribution in [0.3, 0.4) is 0 Å². The zero-order chi connectivity index (χ0) is 10.7. The summed E-state index contributed by atoms with van der Waals surface area (Å²) in [6, 6.07) is 1.59. The maximum atomic E-state index is 6.08. The Morgan fingerprint density at radius 2 is 2.47 bits per heavy atom. The number of nitrogens with zero attached hydrogens (tertiary/aromatic N) is 1. The SMILES string of the molecule is COc1cnccc1C(N)C1=CCCO1. The number of hydrogen-bond acceptors (Lipinski definition) is 4. The molecule has 1 unspecified atom stereocenters. The predicted octanol–water partition coefficient (Wildman–Crippen LogP) is 1.39. The molecule has 4 heteroatoms. The van der Waals surface area contributed by atoms with Crippen LogP contribution in [0.15, 0.2) is 30.3 Å². The van der Waals surface area contributed by atoms with Gasteiger partial charge < -0.3 is 15.2 Å². The Hall–Kier alpha value is -1.55. The summed E-state index contributed by atoms with van der Waals surface area (Å²) in [5.41, 5.74) is 6.98. The van der Waals surface area contributed by atoms with Crippen molar-refractivity contribution in [1.82, 2.24) is 4.98 Å². The quantitative estimate of drug-likeness (QED) is 0.812. The van der Waals surface area contributed by atoms with Crippen LogP contribution in [0.2, 0.25) is 0 Å². The van der Waals surface area contributed by atoms with E-state index < -0.39 is 0 Å². The second kappa shape index (κ2) is 4.31. The van der Waals surface area contributed by atoms with Crippen molar-refractivity contribution in [2.75, 3.05) is 13.7 Å². The third-order valence-electron chi connectivity index (χ3n) is 2.41. The van der Waals surface area contributed by atoms with Gasteiger partial charge in [0.1, 0.15) is 11.5 Å². The summed E-state index contributed by atoms with van der Waals surface area (Å²) in [5.74, 6) is 1.51. The first-order valence-electron chi connectivity index (χ1n) is 4.89. The van der Waals surface area contributed by atoms with Gasteiger partial charge in [-0.2, -0.15) is 0 Å². The van der Waals surface area contributed by atoms with E-state index in [9.17, 15) is 0 Å². The fraction of sp³-hybridized carbons (Fsp3) is 0.364. The first-order chi connectivity index (χ1) is 7.33. The molecule has 1 aliphatic rings. The van der Waals surface area contributed by atoms with Crippen molar-refractivity contribution in [3.63, 3.8) is 0 Å². The molecule has 0 aromatic carbocycles. The fourth-order valence-electron chi connectivity index (χ4n) is 1.63. The van der Waals surface area contributed by atoms with Gasteiger partial charge in [-0.05, 0) is 12.1 Å². The molecule has 0 spiro atoms. The van der Waals surface area contributed by atoms with Gasteiger partial charge >= 0.3 is 0 Å². The molecule has 0 bridgehead atoms. The van der Waals surface area contributed by atoms with Gasteiger partial charge in [0.2, 0.25) is 0 Å². The number of pyridine rings is 1. The van der Waals surface area contributed by atoms with Crippen molar-refractivity contribution in [2.24, 2.45) is 5.73 Å². The molecule has 0 aliphatic carbocycles. The van der Waals surface area contributed by atoms with Crippen molar-refractivity contribution in [1.29, 1.82) is 0 Å². The van der Waals surface area contributed by atoms with E-state index in [2.05, 4.69) is 4.98 Å². The van der Waals surface area contributed by atoms with Crippen LogP contribution in [0.5, 0.6) is 5.75 Å². The first-order valence-corrected chi connectivity index (χ1v) is 4.89. The van der Waals surface area contributed by atoms with Crippen molar-refractivity contribution in [2.45, 2.75) is 12.5 Å². The summed E-state index contributed by atoms with van der Waals surface area (Å²) >= 11 is 0. The Morgan fingerprint density at radius 1 is 1.60 bits per heavy atom. The summed E-state index contributed by atoms with van der Waals surface area (Å²) in [4.78, 5) is 3.98. The van der Waals surface area contributed by atoms with Crippen LogP contribution in [0.25, 0.3) is 0 Å². The van der Waals surface area contributed by atoms with Gasteiger partial charge in [0.15, 0.2) is 0 Å². The molecule has 1 aromatic rings. The zero-order valence-electron chi connectivity index (χ0n) is 8.64. The number of ether oxygens (including phenoxy) is 2. The van der Waals surface area contributed by atoms with E-state index in [-0.39, 0.29) is 6.04 Å². The van der Waals surface area contributed by atoms with Gasteiger partial charge in [-0.25, -0.2) is 0 Å². The number of nitrogens with two attached hydrogens (primary N) is 1. The molecule has 0 fully saturated rings. The standard InChI is InChI=1S/C11H14N2O2/c1-14-10-7-13-5-4-8(10)11(12)9-3-2-6-15-9/h3-5,7,11H,2,6,12H2,1H3. The third kappa shape index (κ3) is 1.94. The Balaban J connectivity index is 2.27. The molecular formula is C11H14N2O2. The van der Waals surface area contributed by atoms with E-state index in [0.717, 1.165) is 24.4 Å². The van der Waals surface area contributed by atoms with Gasteiger partial charge in [0.05, 0.1) is 26.0 Å². The van der Waals surface area contributed by atoms with Gasteiger partial charge in [0, 0.05) is 18.2 Å². The van der Waals surface area contributed by atoms with Crippen LogP contribution in [-0.4, -0.2) is 18.7 Å². The lowest BCUT2D eigenvalue weighted by Crippen LogP contribution is -2.14. The Morgan fingerprint density at radius 3 is 3.13 bits per heavy atom. The zero-order valence-corrected chi connectivity index (χ0v) is 8.64. The second-order valence-electron chi connectivity index (χ2n) is 3.34. The molecule has 15 heavy (non-hydrogen) atoms. The molecule has 1 aromatic heterocycles. The van der Waals surface area contributed by atoms with Crippen LogP contribution >= 0.6 is 0 Å². The van der Waals surface area contributed by atoms with Crippen LogP contribution in [-0.2, 0) is 4.74 Å². The minimum atomic E-state index is -0.259. The third-order valence-corrected chi connectivity index (χ3v) is 2.41. The molecule has 1 aliphatic heterocycles. The van der Waals surface area contributed by atoms with E-state index >= 15 is 0 Å². The van der Waals surface area contributed by atoms with Crippen LogP contribution in [0.1, 0.15) is 18.0 Å². The molecular weight excluding hydrogens is 192 g/mol. The smallest absolute Gasteiger partial charge is 0.142 e. The molecule has 0 radical (unpaired) electrons. The number of methoxy groups -OCH3 is 1. The fourth-order valence-corrected chi connectivity index (χ4v) is 1.63. The Labute approximate surface area is 88.7 Å². The topological polar surface area (TPSA) is 57.4 Å². The van der Waals surface area contributed by atoms with Gasteiger partial charge in [-0.1, -0.05) is 0 Å². The van der Waals surface area contributed by atoms with E-state index in [1.807, 2.05) is 12.1 Å². The molecule has 2 rings (SSSR count). The van der Waals surface area contributed by atoms with E-state index in [4.69, 9.17) is 15.2 Å². The highest BCUT2D eigenvalue weighted by molar-refractivity contribution is 5.36. The predicted molar refractivity (Wildman–Crippen MR) is 56.4 cm³/mol. The molecule has 2 heterocycles. The van der Waals surface area contributed by atoms with Crippen molar-refractivity contribution >= 4 is 0 Å². The molecule has 0 saturated heterocycles. The summed E-state index contributed by atoms with van der Waals surface area (Å²) in [6.07, 6.45) is 6.30. The lowest BCUT2D eigenvalue weighted by Gasteiger charge is -2.15. The van der Waals surface area contributed by atoms with Gasteiger partial charge in [-0.15, -0.1) is 0 Å². The maximum absolute atomic E-state index is 6.08. The largest absolute Gasteiger partial charge is 0.496 e. The number of rotatable bonds is 3. The van der Waals surface area contributed by atoms with Crippen LogP contribution in [0, 0.1) is 0 Å². The molecule has 1 atom stereocenters. The minimum Gasteiger partial charge on any atom is -0.496 e. The van der Waals surface area contributed by atoms with Crippen LogP contribution in [0.4, 0.5) is 0 Å². The van der Waals surface area contributed by atoms with E-state index in [1.54, 1.807) is 19.5 Å². The highest BCUT2D eigenvalue weighted by atomic mass is 16.5. The van der Waals surface area contributed by atoms with Crippen LogP contribution < -0.4 is 10.5 Å². The lowest BCUT2D eigenvalue weighted by molar-refractivity contribution is 0.224. The molecule has 0 amide bonds. The number of aromatic nitrogens is 1.